The number of rotatable bonds is 3. The second-order valence-corrected chi connectivity index (χ2v) is 5.19. The largest absolute Gasteiger partial charge is 0.383 e. The van der Waals surface area contributed by atoms with Crippen LogP contribution >= 0.6 is 15.9 Å². The molecule has 0 unspecified atom stereocenters. The second-order valence-electron chi connectivity index (χ2n) is 4.28. The molecule has 6 nitrogen and oxygen atoms in total. The van der Waals surface area contributed by atoms with Crippen LogP contribution in [0.1, 0.15) is 19.0 Å². The zero-order chi connectivity index (χ0) is 13.4. The van der Waals surface area contributed by atoms with E-state index in [1.807, 2.05) is 12.1 Å². The van der Waals surface area contributed by atoms with Crippen LogP contribution < -0.4 is 5.73 Å². The van der Waals surface area contributed by atoms with Crippen LogP contribution in [0.3, 0.4) is 0 Å². The number of anilines is 1. The number of aromatic amines is 1. The van der Waals surface area contributed by atoms with Gasteiger partial charge in [-0.3, -0.25) is 5.10 Å². The molecular weight excluding hydrogens is 308 g/mol. The molecule has 0 aliphatic carbocycles. The lowest BCUT2D eigenvalue weighted by Crippen LogP contribution is -2.01. The minimum absolute atomic E-state index is 0.557. The van der Waals surface area contributed by atoms with Crippen LogP contribution in [0, 0.1) is 0 Å². The number of aryl methyl sites for hydroxylation is 1. The summed E-state index contributed by atoms with van der Waals surface area (Å²) in [7, 11) is 0. The Kier molecular flexibility index (Phi) is 2.98. The number of nitrogens with one attached hydrogen (secondary N) is 1. The number of nitrogens with two attached hydrogens (primary N) is 1. The van der Waals surface area contributed by atoms with Gasteiger partial charge in [-0.1, -0.05) is 13.3 Å². The smallest absolute Gasteiger partial charge is 0.188 e. The van der Waals surface area contributed by atoms with E-state index in [2.05, 4.69) is 43.1 Å². The van der Waals surface area contributed by atoms with E-state index >= 15 is 0 Å². The summed E-state index contributed by atoms with van der Waals surface area (Å²) < 4.78 is 2.65. The summed E-state index contributed by atoms with van der Waals surface area (Å²) in [5.41, 5.74) is 7.59. The van der Waals surface area contributed by atoms with Crippen LogP contribution in [0.2, 0.25) is 0 Å². The van der Waals surface area contributed by atoms with Gasteiger partial charge in [0.1, 0.15) is 5.82 Å². The Bertz CT molecular complexity index is 712. The zero-order valence-electron chi connectivity index (χ0n) is 10.4. The molecule has 3 N–H and O–H groups in total. The highest BCUT2D eigenvalue weighted by molar-refractivity contribution is 9.10. The molecule has 0 aromatic carbocycles. The van der Waals surface area contributed by atoms with Crippen LogP contribution in [0.15, 0.2) is 22.8 Å². The summed E-state index contributed by atoms with van der Waals surface area (Å²) in [4.78, 5) is 4.34. The Balaban J connectivity index is 2.21. The fourth-order valence-electron chi connectivity index (χ4n) is 2.07. The summed E-state index contributed by atoms with van der Waals surface area (Å²) >= 11 is 3.37. The summed E-state index contributed by atoms with van der Waals surface area (Å²) in [6, 6.07) is 3.81. The highest BCUT2D eigenvalue weighted by atomic mass is 79.9. The zero-order valence-corrected chi connectivity index (χ0v) is 12.0. The van der Waals surface area contributed by atoms with Crippen molar-refractivity contribution in [2.75, 3.05) is 5.73 Å². The highest BCUT2D eigenvalue weighted by Crippen LogP contribution is 2.25. The molecule has 3 rings (SSSR count). The molecule has 19 heavy (non-hydrogen) atoms. The van der Waals surface area contributed by atoms with E-state index < -0.39 is 0 Å². The predicted molar refractivity (Wildman–Crippen MR) is 77.1 cm³/mol. The maximum Gasteiger partial charge on any atom is 0.188 e. The predicted octanol–water partition coefficient (Wildman–Crippen LogP) is 2.44. The topological polar surface area (TPSA) is 85.4 Å². The van der Waals surface area contributed by atoms with Gasteiger partial charge in [0.2, 0.25) is 0 Å². The third-order valence-electron chi connectivity index (χ3n) is 2.90. The average molecular weight is 321 g/mol. The molecule has 98 valence electrons. The fraction of sp³-hybridized carbons (Fsp3) is 0.250. The maximum absolute atomic E-state index is 5.92. The van der Waals surface area contributed by atoms with E-state index in [-0.39, 0.29) is 0 Å². The van der Waals surface area contributed by atoms with Crippen molar-refractivity contribution in [3.8, 4) is 5.82 Å². The first-order valence-corrected chi connectivity index (χ1v) is 6.83. The van der Waals surface area contributed by atoms with Crippen molar-refractivity contribution >= 4 is 32.8 Å². The standard InChI is InChI=1S/C12H13BrN6/c1-2-3-8-10-11(14)16-17-12(10)19(18-8)9-5-4-7(13)6-15-9/h4-6H,2-3H2,1H3,(H3,14,16,17). The maximum atomic E-state index is 5.92. The Labute approximate surface area is 118 Å². The fourth-order valence-corrected chi connectivity index (χ4v) is 2.30. The van der Waals surface area contributed by atoms with Crippen LogP contribution in [0.4, 0.5) is 5.82 Å². The molecule has 0 bridgehead atoms. The van der Waals surface area contributed by atoms with Gasteiger partial charge in [-0.05, 0) is 34.5 Å². The second kappa shape index (κ2) is 4.65. The third-order valence-corrected chi connectivity index (χ3v) is 3.37. The molecule has 3 aromatic heterocycles. The number of pyridine rings is 1. The molecule has 0 saturated carbocycles. The van der Waals surface area contributed by atoms with Gasteiger partial charge in [0.25, 0.3) is 0 Å². The van der Waals surface area contributed by atoms with Crippen molar-refractivity contribution in [2.45, 2.75) is 19.8 Å². The van der Waals surface area contributed by atoms with Gasteiger partial charge >= 0.3 is 0 Å². The van der Waals surface area contributed by atoms with Gasteiger partial charge in [0, 0.05) is 10.7 Å². The summed E-state index contributed by atoms with van der Waals surface area (Å²) in [5.74, 6) is 1.28. The number of fused-ring (bicyclic) bond motifs is 1. The molecule has 0 atom stereocenters. The number of nitrogens with zero attached hydrogens (tertiary/aromatic N) is 4. The van der Waals surface area contributed by atoms with E-state index in [0.717, 1.165) is 39.9 Å². The Hall–Kier alpha value is -1.89. The minimum Gasteiger partial charge on any atom is -0.383 e. The Morgan fingerprint density at radius 1 is 1.42 bits per heavy atom. The van der Waals surface area contributed by atoms with Gasteiger partial charge in [-0.2, -0.15) is 14.9 Å². The van der Waals surface area contributed by atoms with E-state index in [1.54, 1.807) is 10.9 Å². The van der Waals surface area contributed by atoms with Gasteiger partial charge in [-0.25, -0.2) is 4.98 Å². The first kappa shape index (κ1) is 12.2. The monoisotopic (exact) mass is 320 g/mol. The van der Waals surface area contributed by atoms with Gasteiger partial charge < -0.3 is 5.73 Å². The normalized spacial score (nSPS) is 11.3. The van der Waals surface area contributed by atoms with Gasteiger partial charge in [-0.15, -0.1) is 0 Å². The first-order chi connectivity index (χ1) is 9.20. The van der Waals surface area contributed by atoms with Crippen molar-refractivity contribution in [1.29, 1.82) is 0 Å². The molecule has 0 radical (unpaired) electrons. The minimum atomic E-state index is 0.557. The van der Waals surface area contributed by atoms with Crippen molar-refractivity contribution < 1.29 is 0 Å². The molecule has 3 heterocycles. The molecule has 0 aliphatic rings. The third kappa shape index (κ3) is 1.99. The van der Waals surface area contributed by atoms with Crippen LogP contribution in [0.25, 0.3) is 16.9 Å². The number of nitrogen functional groups attached to an aromatic ring is 1. The molecule has 0 aliphatic heterocycles. The van der Waals surface area contributed by atoms with Crippen molar-refractivity contribution in [3.05, 3.63) is 28.5 Å². The summed E-state index contributed by atoms with van der Waals surface area (Å²) in [6.07, 6.45) is 3.60. The molecule has 7 heteroatoms. The molecular formula is C12H13BrN6. The Morgan fingerprint density at radius 3 is 2.95 bits per heavy atom. The number of hydrogen-bond acceptors (Lipinski definition) is 4. The lowest BCUT2D eigenvalue weighted by atomic mass is 10.2. The van der Waals surface area contributed by atoms with Gasteiger partial charge in [0.15, 0.2) is 11.5 Å². The van der Waals surface area contributed by atoms with Crippen molar-refractivity contribution in [2.24, 2.45) is 0 Å². The average Bonchev–Trinajstić information content (AvgIpc) is 2.94. The van der Waals surface area contributed by atoms with Crippen molar-refractivity contribution in [1.82, 2.24) is 25.0 Å². The van der Waals surface area contributed by atoms with E-state index in [0.29, 0.717) is 5.82 Å². The highest BCUT2D eigenvalue weighted by Gasteiger charge is 2.17. The molecule has 0 amide bonds. The van der Waals surface area contributed by atoms with Gasteiger partial charge in [0.05, 0.1) is 11.1 Å². The molecule has 3 aromatic rings. The number of hydrogen-bond donors (Lipinski definition) is 2. The van der Waals surface area contributed by atoms with Crippen LogP contribution in [0.5, 0.6) is 0 Å². The summed E-state index contributed by atoms with van der Waals surface area (Å²) in [6.45, 7) is 2.11. The number of aromatic nitrogens is 5. The van der Waals surface area contributed by atoms with E-state index in [1.165, 1.54) is 0 Å². The van der Waals surface area contributed by atoms with Crippen molar-refractivity contribution in [3.63, 3.8) is 0 Å². The quantitative estimate of drug-likeness (QED) is 0.776. The number of H-pyrrole nitrogens is 1. The molecule has 0 spiro atoms. The van der Waals surface area contributed by atoms with E-state index in [9.17, 15) is 0 Å². The van der Waals surface area contributed by atoms with E-state index in [4.69, 9.17) is 5.73 Å². The molecule has 0 saturated heterocycles. The first-order valence-electron chi connectivity index (χ1n) is 6.04. The SMILES string of the molecule is CCCc1nn(-c2ccc(Br)cn2)c2n[nH]c(N)c12. The molecule has 0 fully saturated rings. The Morgan fingerprint density at radius 2 is 2.26 bits per heavy atom. The number of halogens is 1. The van der Waals surface area contributed by atoms with Crippen LogP contribution in [-0.4, -0.2) is 25.0 Å². The lowest BCUT2D eigenvalue weighted by molar-refractivity contribution is 0.794. The van der Waals surface area contributed by atoms with Crippen LogP contribution in [-0.2, 0) is 6.42 Å². The lowest BCUT2D eigenvalue weighted by Gasteiger charge is -2.00. The summed E-state index contributed by atoms with van der Waals surface area (Å²) in [5, 5.41) is 12.5.